The van der Waals surface area contributed by atoms with Crippen molar-refractivity contribution in [1.29, 1.82) is 0 Å². The lowest BCUT2D eigenvalue weighted by atomic mass is 10.2. The third-order valence-electron chi connectivity index (χ3n) is 3.74. The van der Waals surface area contributed by atoms with Crippen LogP contribution < -0.4 is 14.4 Å². The first-order chi connectivity index (χ1) is 13.1. The molecule has 0 heterocycles. The van der Waals surface area contributed by atoms with Gasteiger partial charge in [0, 0.05) is 5.69 Å². The van der Waals surface area contributed by atoms with E-state index in [1.54, 1.807) is 30.3 Å². The summed E-state index contributed by atoms with van der Waals surface area (Å²) in [7, 11) is -3.76. The van der Waals surface area contributed by atoms with Crippen molar-refractivity contribution in [3.63, 3.8) is 0 Å². The highest BCUT2D eigenvalue weighted by molar-refractivity contribution is 7.92. The molecule has 28 heavy (non-hydrogen) atoms. The second kappa shape index (κ2) is 9.32. The maximum absolute atomic E-state index is 12.7. The Morgan fingerprint density at radius 3 is 2.39 bits per heavy atom. The van der Waals surface area contributed by atoms with Crippen LogP contribution in [0.1, 0.15) is 6.92 Å². The summed E-state index contributed by atoms with van der Waals surface area (Å²) < 4.78 is 31.0. The molecule has 0 radical (unpaired) electrons. The molecule has 9 heteroatoms. The Morgan fingerprint density at radius 1 is 1.21 bits per heavy atom. The molecule has 0 spiro atoms. The van der Waals surface area contributed by atoms with Gasteiger partial charge in [-0.15, -0.1) is 0 Å². The molecule has 1 atom stereocenters. The monoisotopic (exact) mass is 442 g/mol. The lowest BCUT2D eigenvalue weighted by Gasteiger charge is -2.28. The molecule has 1 N–H and O–H groups in total. The van der Waals surface area contributed by atoms with Gasteiger partial charge in [-0.25, -0.2) is 8.42 Å². The number of hydrogen-bond donors (Lipinski definition) is 1. The molecule has 0 aliphatic carbocycles. The van der Waals surface area contributed by atoms with Crippen LogP contribution in [0.2, 0.25) is 10.0 Å². The molecule has 0 saturated carbocycles. The summed E-state index contributed by atoms with van der Waals surface area (Å²) in [4.78, 5) is 12.7. The molecule has 0 aliphatic heterocycles. The van der Waals surface area contributed by atoms with Gasteiger partial charge in [0.25, 0.3) is 0 Å². The van der Waals surface area contributed by atoms with Crippen molar-refractivity contribution in [2.75, 3.05) is 22.5 Å². The van der Waals surface area contributed by atoms with Gasteiger partial charge in [-0.05, 0) is 49.4 Å². The third-order valence-corrected chi connectivity index (χ3v) is 5.72. The smallest absolute Gasteiger partial charge is 0.247 e. The summed E-state index contributed by atoms with van der Waals surface area (Å²) in [5.41, 5.74) is 0.748. The van der Waals surface area contributed by atoms with Crippen molar-refractivity contribution in [3.05, 3.63) is 65.2 Å². The Bertz CT molecular complexity index is 962. The van der Waals surface area contributed by atoms with Crippen LogP contribution in [0.3, 0.4) is 0 Å². The number of amides is 1. The lowest BCUT2D eigenvalue weighted by Crippen LogP contribution is -2.45. The number of ether oxygens (including phenoxy) is 1. The SMILES string of the molecule is C=CCOc1ccc(NC(=O)[C@@H](C)N(c2ccc(Cl)c(Cl)c2)S(C)(=O)=O)cc1. The van der Waals surface area contributed by atoms with Crippen molar-refractivity contribution in [3.8, 4) is 5.75 Å². The van der Waals surface area contributed by atoms with Gasteiger partial charge in [0.2, 0.25) is 15.9 Å². The molecule has 0 saturated heterocycles. The predicted octanol–water partition coefficient (Wildman–Crippen LogP) is 4.35. The molecule has 1 amide bonds. The minimum absolute atomic E-state index is 0.190. The fourth-order valence-corrected chi connectivity index (χ4v) is 3.93. The highest BCUT2D eigenvalue weighted by atomic mass is 35.5. The molecular formula is C19H20Cl2N2O4S. The first-order valence-corrected chi connectivity index (χ1v) is 10.8. The molecule has 6 nitrogen and oxygen atoms in total. The van der Waals surface area contributed by atoms with E-state index in [9.17, 15) is 13.2 Å². The zero-order valence-electron chi connectivity index (χ0n) is 15.4. The summed E-state index contributed by atoms with van der Waals surface area (Å²) in [6, 6.07) is 10.0. The normalized spacial score (nSPS) is 12.1. The van der Waals surface area contributed by atoms with Crippen molar-refractivity contribution in [2.24, 2.45) is 0 Å². The molecule has 2 rings (SSSR count). The Kier molecular flexibility index (Phi) is 7.35. The molecule has 2 aromatic rings. The van der Waals surface area contributed by atoms with Crippen LogP contribution in [-0.4, -0.2) is 33.2 Å². The van der Waals surface area contributed by atoms with Crippen molar-refractivity contribution < 1.29 is 17.9 Å². The van der Waals surface area contributed by atoms with Crippen molar-refractivity contribution in [1.82, 2.24) is 0 Å². The van der Waals surface area contributed by atoms with E-state index in [1.165, 1.54) is 25.1 Å². The Labute approximate surface area is 174 Å². The van der Waals surface area contributed by atoms with Gasteiger partial charge in [-0.1, -0.05) is 35.9 Å². The largest absolute Gasteiger partial charge is 0.490 e. The van der Waals surface area contributed by atoms with Gasteiger partial charge in [0.1, 0.15) is 18.4 Å². The van der Waals surface area contributed by atoms with E-state index < -0.39 is 22.0 Å². The van der Waals surface area contributed by atoms with E-state index in [0.717, 1.165) is 10.6 Å². The van der Waals surface area contributed by atoms with Gasteiger partial charge < -0.3 is 10.1 Å². The summed E-state index contributed by atoms with van der Waals surface area (Å²) in [5, 5.41) is 3.17. The molecule has 150 valence electrons. The zero-order valence-corrected chi connectivity index (χ0v) is 17.7. The number of carbonyl (C=O) groups excluding carboxylic acids is 1. The van der Waals surface area contributed by atoms with Crippen molar-refractivity contribution >= 4 is 50.5 Å². The van der Waals surface area contributed by atoms with Crippen LogP contribution in [0.15, 0.2) is 55.1 Å². The van der Waals surface area contributed by atoms with E-state index in [-0.39, 0.29) is 15.7 Å². The summed E-state index contributed by atoms with van der Waals surface area (Å²) >= 11 is 11.9. The van der Waals surface area contributed by atoms with Crippen LogP contribution in [0, 0.1) is 0 Å². The van der Waals surface area contributed by atoms with E-state index >= 15 is 0 Å². The summed E-state index contributed by atoms with van der Waals surface area (Å²) in [6.45, 7) is 5.43. The summed E-state index contributed by atoms with van der Waals surface area (Å²) in [5.74, 6) is 0.121. The number of anilines is 2. The minimum atomic E-state index is -3.76. The van der Waals surface area contributed by atoms with Crippen LogP contribution in [-0.2, 0) is 14.8 Å². The van der Waals surface area contributed by atoms with Crippen LogP contribution in [0.4, 0.5) is 11.4 Å². The fraction of sp³-hybridized carbons (Fsp3) is 0.211. The Morgan fingerprint density at radius 2 is 1.86 bits per heavy atom. The van der Waals surface area contributed by atoms with Gasteiger partial charge in [0.05, 0.1) is 22.0 Å². The number of sulfonamides is 1. The molecule has 0 fully saturated rings. The van der Waals surface area contributed by atoms with E-state index in [0.29, 0.717) is 18.0 Å². The lowest BCUT2D eigenvalue weighted by molar-refractivity contribution is -0.116. The average molecular weight is 443 g/mol. The number of benzene rings is 2. The predicted molar refractivity (Wildman–Crippen MR) is 114 cm³/mol. The van der Waals surface area contributed by atoms with Crippen molar-refractivity contribution in [2.45, 2.75) is 13.0 Å². The second-order valence-electron chi connectivity index (χ2n) is 5.95. The average Bonchev–Trinajstić information content (AvgIpc) is 2.63. The number of halogens is 2. The van der Waals surface area contributed by atoms with E-state index in [1.807, 2.05) is 0 Å². The number of nitrogens with zero attached hydrogens (tertiary/aromatic N) is 1. The second-order valence-corrected chi connectivity index (χ2v) is 8.62. The molecule has 0 aromatic heterocycles. The highest BCUT2D eigenvalue weighted by Crippen LogP contribution is 2.30. The number of nitrogens with one attached hydrogen (secondary N) is 1. The Hall–Kier alpha value is -2.22. The van der Waals surface area contributed by atoms with Gasteiger partial charge in [0.15, 0.2) is 0 Å². The quantitative estimate of drug-likeness (QED) is 0.616. The van der Waals surface area contributed by atoms with Gasteiger partial charge in [-0.3, -0.25) is 9.10 Å². The fourth-order valence-electron chi connectivity index (χ4n) is 2.47. The maximum atomic E-state index is 12.7. The minimum Gasteiger partial charge on any atom is -0.490 e. The molecule has 0 aliphatic rings. The van der Waals surface area contributed by atoms with E-state index in [4.69, 9.17) is 27.9 Å². The van der Waals surface area contributed by atoms with Crippen LogP contribution in [0.5, 0.6) is 5.75 Å². The van der Waals surface area contributed by atoms with Gasteiger partial charge in [-0.2, -0.15) is 0 Å². The number of hydrogen-bond acceptors (Lipinski definition) is 4. The molecule has 0 bridgehead atoms. The first kappa shape index (κ1) is 22.1. The Balaban J connectivity index is 2.21. The van der Waals surface area contributed by atoms with Crippen LogP contribution in [0.25, 0.3) is 0 Å². The maximum Gasteiger partial charge on any atom is 0.247 e. The first-order valence-electron chi connectivity index (χ1n) is 8.22. The molecule has 2 aromatic carbocycles. The topological polar surface area (TPSA) is 75.7 Å². The molecule has 0 unspecified atom stereocenters. The zero-order chi connectivity index (χ0) is 20.9. The third kappa shape index (κ3) is 5.64. The highest BCUT2D eigenvalue weighted by Gasteiger charge is 2.29. The van der Waals surface area contributed by atoms with Crippen LogP contribution >= 0.6 is 23.2 Å². The number of carbonyl (C=O) groups is 1. The molecular weight excluding hydrogens is 423 g/mol. The standard InChI is InChI=1S/C19H20Cl2N2O4S/c1-4-11-27-16-8-5-14(6-9-16)22-19(24)13(2)23(28(3,25)26)15-7-10-17(20)18(21)12-15/h4-10,12-13H,1,11H2,2-3H3,(H,22,24)/t13-/m1/s1. The van der Waals surface area contributed by atoms with Gasteiger partial charge >= 0.3 is 0 Å². The summed E-state index contributed by atoms with van der Waals surface area (Å²) in [6.07, 6.45) is 2.64. The number of rotatable bonds is 8. The van der Waals surface area contributed by atoms with E-state index in [2.05, 4.69) is 11.9 Å².